The summed E-state index contributed by atoms with van der Waals surface area (Å²) in [4.78, 5) is 2.53. The van der Waals surface area contributed by atoms with Crippen molar-refractivity contribution in [3.05, 3.63) is 33.8 Å². The standard InChI is InChI=1S/C15H23BrN2/c1-10-9-11(5-6-12(10)16)14-13(17)7-8-18(14)15(2,3)4/h5-6,9,13-14H,7-8,17H2,1-4H3. The fourth-order valence-electron chi connectivity index (χ4n) is 2.85. The third-order valence-corrected chi connectivity index (χ3v) is 4.72. The van der Waals surface area contributed by atoms with Crippen LogP contribution in [0.15, 0.2) is 22.7 Å². The van der Waals surface area contributed by atoms with E-state index < -0.39 is 0 Å². The fourth-order valence-corrected chi connectivity index (χ4v) is 3.09. The van der Waals surface area contributed by atoms with Crippen molar-refractivity contribution in [2.24, 2.45) is 5.73 Å². The van der Waals surface area contributed by atoms with Crippen LogP contribution in [0.25, 0.3) is 0 Å². The molecule has 2 unspecified atom stereocenters. The van der Waals surface area contributed by atoms with Crippen LogP contribution in [0.1, 0.15) is 44.4 Å². The number of benzene rings is 1. The van der Waals surface area contributed by atoms with Gasteiger partial charge in [-0.2, -0.15) is 0 Å². The topological polar surface area (TPSA) is 29.3 Å². The molecule has 1 aliphatic rings. The Labute approximate surface area is 119 Å². The SMILES string of the molecule is Cc1cc(C2C(N)CCN2C(C)(C)C)ccc1Br. The molecule has 1 saturated heterocycles. The quantitative estimate of drug-likeness (QED) is 0.858. The molecule has 0 aliphatic carbocycles. The molecule has 0 amide bonds. The first-order valence-electron chi connectivity index (χ1n) is 6.59. The lowest BCUT2D eigenvalue weighted by molar-refractivity contribution is 0.117. The molecule has 2 atom stereocenters. The third-order valence-electron chi connectivity index (χ3n) is 3.83. The molecule has 0 spiro atoms. The summed E-state index contributed by atoms with van der Waals surface area (Å²) in [7, 11) is 0. The van der Waals surface area contributed by atoms with Gasteiger partial charge < -0.3 is 5.73 Å². The molecule has 1 heterocycles. The van der Waals surface area contributed by atoms with Crippen LogP contribution in [0.4, 0.5) is 0 Å². The Morgan fingerprint density at radius 3 is 2.56 bits per heavy atom. The minimum Gasteiger partial charge on any atom is -0.326 e. The summed E-state index contributed by atoms with van der Waals surface area (Å²) in [6, 6.07) is 7.18. The Morgan fingerprint density at radius 1 is 1.33 bits per heavy atom. The molecule has 18 heavy (non-hydrogen) atoms. The molecule has 3 heteroatoms. The summed E-state index contributed by atoms with van der Waals surface area (Å²) in [6.07, 6.45) is 1.08. The summed E-state index contributed by atoms with van der Waals surface area (Å²) < 4.78 is 1.17. The molecule has 0 saturated carbocycles. The first kappa shape index (κ1) is 14.0. The minimum atomic E-state index is 0.166. The number of nitrogens with zero attached hydrogens (tertiary/aromatic N) is 1. The van der Waals surface area contributed by atoms with Gasteiger partial charge in [-0.1, -0.05) is 28.1 Å². The van der Waals surface area contributed by atoms with Crippen LogP contribution in [-0.4, -0.2) is 23.0 Å². The number of nitrogens with two attached hydrogens (primary N) is 1. The highest BCUT2D eigenvalue weighted by molar-refractivity contribution is 9.10. The maximum absolute atomic E-state index is 6.33. The van der Waals surface area contributed by atoms with Crippen LogP contribution in [0.5, 0.6) is 0 Å². The summed E-state index contributed by atoms with van der Waals surface area (Å²) in [5, 5.41) is 0. The van der Waals surface area contributed by atoms with Gasteiger partial charge in [0.15, 0.2) is 0 Å². The molecule has 0 radical (unpaired) electrons. The zero-order chi connectivity index (χ0) is 13.5. The van der Waals surface area contributed by atoms with E-state index in [1.807, 2.05) is 0 Å². The second-order valence-corrected chi connectivity index (χ2v) is 7.12. The Bertz CT molecular complexity index is 437. The van der Waals surface area contributed by atoms with E-state index in [0.29, 0.717) is 6.04 Å². The maximum atomic E-state index is 6.33. The molecule has 0 bridgehead atoms. The highest BCUT2D eigenvalue weighted by atomic mass is 79.9. The summed E-state index contributed by atoms with van der Waals surface area (Å²) in [6.45, 7) is 10.0. The van der Waals surface area contributed by atoms with Gasteiger partial charge in [-0.15, -0.1) is 0 Å². The van der Waals surface area contributed by atoms with E-state index in [0.717, 1.165) is 13.0 Å². The third kappa shape index (κ3) is 2.63. The van der Waals surface area contributed by atoms with Crippen molar-refractivity contribution in [3.63, 3.8) is 0 Å². The summed E-state index contributed by atoms with van der Waals surface area (Å²) in [5.74, 6) is 0. The Kier molecular flexibility index (Phi) is 3.86. The van der Waals surface area contributed by atoms with Crippen molar-refractivity contribution in [1.29, 1.82) is 0 Å². The van der Waals surface area contributed by atoms with Gasteiger partial charge in [-0.3, -0.25) is 4.90 Å². The van der Waals surface area contributed by atoms with Crippen LogP contribution >= 0.6 is 15.9 Å². The van der Waals surface area contributed by atoms with Crippen LogP contribution < -0.4 is 5.73 Å². The molecule has 2 N–H and O–H groups in total. The number of rotatable bonds is 1. The van der Waals surface area contributed by atoms with Crippen LogP contribution in [0.3, 0.4) is 0 Å². The van der Waals surface area contributed by atoms with Crippen LogP contribution in [0.2, 0.25) is 0 Å². The van der Waals surface area contributed by atoms with E-state index >= 15 is 0 Å². The summed E-state index contributed by atoms with van der Waals surface area (Å²) >= 11 is 3.56. The predicted octanol–water partition coefficient (Wildman–Crippen LogP) is 3.63. The van der Waals surface area contributed by atoms with E-state index in [1.54, 1.807) is 0 Å². The molecule has 100 valence electrons. The van der Waals surface area contributed by atoms with E-state index in [9.17, 15) is 0 Å². The van der Waals surface area contributed by atoms with E-state index in [2.05, 4.69) is 66.7 Å². The first-order chi connectivity index (χ1) is 8.30. The lowest BCUT2D eigenvalue weighted by Crippen LogP contribution is -2.43. The second kappa shape index (κ2) is 4.95. The molecule has 2 nitrogen and oxygen atoms in total. The largest absolute Gasteiger partial charge is 0.326 e. The van der Waals surface area contributed by atoms with Crippen molar-refractivity contribution in [2.45, 2.75) is 51.7 Å². The Hall–Kier alpha value is -0.380. The number of aryl methyl sites for hydroxylation is 1. The van der Waals surface area contributed by atoms with Crippen molar-refractivity contribution in [2.75, 3.05) is 6.54 Å². The van der Waals surface area contributed by atoms with Gasteiger partial charge in [0.2, 0.25) is 0 Å². The van der Waals surface area contributed by atoms with Crippen LogP contribution in [0, 0.1) is 6.92 Å². The van der Waals surface area contributed by atoms with Gasteiger partial charge in [0.1, 0.15) is 0 Å². The van der Waals surface area contributed by atoms with Gasteiger partial charge in [0, 0.05) is 22.6 Å². The van der Waals surface area contributed by atoms with Gasteiger partial charge in [0.05, 0.1) is 6.04 Å². The molecular weight excluding hydrogens is 288 g/mol. The Balaban J connectivity index is 2.37. The molecule has 2 rings (SSSR count). The number of likely N-dealkylation sites (tertiary alicyclic amines) is 1. The zero-order valence-electron chi connectivity index (χ0n) is 11.7. The second-order valence-electron chi connectivity index (χ2n) is 6.27. The lowest BCUT2D eigenvalue weighted by atomic mass is 9.96. The maximum Gasteiger partial charge on any atom is 0.0504 e. The van der Waals surface area contributed by atoms with Crippen molar-refractivity contribution in [1.82, 2.24) is 4.90 Å². The highest BCUT2D eigenvalue weighted by Gasteiger charge is 2.38. The van der Waals surface area contributed by atoms with Gasteiger partial charge >= 0.3 is 0 Å². The fraction of sp³-hybridized carbons (Fsp3) is 0.600. The average molecular weight is 311 g/mol. The van der Waals surface area contributed by atoms with Gasteiger partial charge in [-0.25, -0.2) is 0 Å². The molecule has 1 fully saturated rings. The van der Waals surface area contributed by atoms with E-state index in [4.69, 9.17) is 5.73 Å². The van der Waals surface area contributed by atoms with Crippen molar-refractivity contribution < 1.29 is 0 Å². The lowest BCUT2D eigenvalue weighted by Gasteiger charge is -2.38. The van der Waals surface area contributed by atoms with Crippen LogP contribution in [-0.2, 0) is 0 Å². The number of hydrogen-bond acceptors (Lipinski definition) is 2. The molecule has 0 aromatic heterocycles. The zero-order valence-corrected chi connectivity index (χ0v) is 13.3. The normalized spacial score (nSPS) is 25.7. The molecule has 1 aliphatic heterocycles. The van der Waals surface area contributed by atoms with Gasteiger partial charge in [-0.05, 0) is 51.3 Å². The molecule has 1 aromatic rings. The first-order valence-corrected chi connectivity index (χ1v) is 7.38. The minimum absolute atomic E-state index is 0.166. The van der Waals surface area contributed by atoms with Gasteiger partial charge in [0.25, 0.3) is 0 Å². The summed E-state index contributed by atoms with van der Waals surface area (Å²) in [5.41, 5.74) is 9.12. The smallest absolute Gasteiger partial charge is 0.0504 e. The van der Waals surface area contributed by atoms with Crippen molar-refractivity contribution >= 4 is 15.9 Å². The number of hydrogen-bond donors (Lipinski definition) is 1. The molecular formula is C15H23BrN2. The predicted molar refractivity (Wildman–Crippen MR) is 80.7 cm³/mol. The molecule has 1 aromatic carbocycles. The van der Waals surface area contributed by atoms with E-state index in [1.165, 1.54) is 15.6 Å². The highest BCUT2D eigenvalue weighted by Crippen LogP contribution is 2.37. The van der Waals surface area contributed by atoms with E-state index in [-0.39, 0.29) is 11.6 Å². The Morgan fingerprint density at radius 2 is 2.00 bits per heavy atom. The monoisotopic (exact) mass is 310 g/mol. The number of halogens is 1. The average Bonchev–Trinajstić information content (AvgIpc) is 2.64. The van der Waals surface area contributed by atoms with Crippen molar-refractivity contribution in [3.8, 4) is 0 Å².